The second kappa shape index (κ2) is 15.9. The number of nitrogens with one attached hydrogen (secondary N) is 1. The van der Waals surface area contributed by atoms with Crippen molar-refractivity contribution in [3.63, 3.8) is 0 Å². The molecule has 1 amide bonds. The van der Waals surface area contributed by atoms with Crippen LogP contribution in [0.1, 0.15) is 112 Å². The third kappa shape index (κ3) is 10.7. The summed E-state index contributed by atoms with van der Waals surface area (Å²) in [6.07, 6.45) is 16.3. The van der Waals surface area contributed by atoms with Crippen LogP contribution >= 0.6 is 11.6 Å². The van der Waals surface area contributed by atoms with Crippen molar-refractivity contribution in [3.05, 3.63) is 76.7 Å². The van der Waals surface area contributed by atoms with Crippen molar-refractivity contribution in [2.24, 2.45) is 0 Å². The van der Waals surface area contributed by atoms with E-state index in [1.165, 1.54) is 63.4 Å². The summed E-state index contributed by atoms with van der Waals surface area (Å²) < 4.78 is 0. The highest BCUT2D eigenvalue weighted by Crippen LogP contribution is 2.24. The van der Waals surface area contributed by atoms with Crippen molar-refractivity contribution < 1.29 is 4.79 Å². The molecule has 1 N–H and O–H groups in total. The fourth-order valence-corrected chi connectivity index (χ4v) is 4.05. The van der Waals surface area contributed by atoms with Crippen LogP contribution in [0.3, 0.4) is 0 Å². The van der Waals surface area contributed by atoms with Gasteiger partial charge in [0.15, 0.2) is 0 Å². The molecule has 0 spiro atoms. The molecule has 2 aromatic carbocycles. The maximum Gasteiger partial charge on any atom is 0.251 e. The first kappa shape index (κ1) is 26.5. The number of carbonyl (C=O) groups excluding carboxylic acids is 1. The topological polar surface area (TPSA) is 29.1 Å². The molecule has 1 atom stereocenters. The number of benzene rings is 2. The molecule has 0 bridgehead atoms. The molecule has 0 heterocycles. The summed E-state index contributed by atoms with van der Waals surface area (Å²) in [7, 11) is 0. The predicted molar refractivity (Wildman–Crippen MR) is 139 cm³/mol. The van der Waals surface area contributed by atoms with Crippen LogP contribution in [-0.2, 0) is 0 Å². The molecule has 0 aliphatic carbocycles. The van der Waals surface area contributed by atoms with E-state index in [0.29, 0.717) is 5.92 Å². The van der Waals surface area contributed by atoms with Crippen LogP contribution in [0, 0.1) is 6.42 Å². The first-order chi connectivity index (χ1) is 15.6. The van der Waals surface area contributed by atoms with E-state index >= 15 is 0 Å². The molecular weight excluding hydrogens is 414 g/mol. The molecule has 1 unspecified atom stereocenters. The molecule has 2 nitrogen and oxygen atoms in total. The number of unbranched alkanes of at least 4 members (excludes halogenated alkanes) is 9. The van der Waals surface area contributed by atoms with E-state index in [1.54, 1.807) is 0 Å². The van der Waals surface area contributed by atoms with Crippen molar-refractivity contribution >= 4 is 17.5 Å². The fourth-order valence-electron chi connectivity index (χ4n) is 3.93. The van der Waals surface area contributed by atoms with Gasteiger partial charge in [-0.2, -0.15) is 0 Å². The van der Waals surface area contributed by atoms with Gasteiger partial charge in [0.2, 0.25) is 0 Å². The van der Waals surface area contributed by atoms with E-state index in [9.17, 15) is 4.79 Å². The molecule has 3 heteroatoms. The van der Waals surface area contributed by atoms with Crippen LogP contribution in [0.25, 0.3) is 0 Å². The van der Waals surface area contributed by atoms with Crippen LogP contribution in [0.15, 0.2) is 48.5 Å². The van der Waals surface area contributed by atoms with Crippen molar-refractivity contribution in [2.45, 2.75) is 90.4 Å². The number of amides is 1. The Kier molecular flexibility index (Phi) is 13.2. The summed E-state index contributed by atoms with van der Waals surface area (Å²) in [6.45, 7) is 5.25. The number of halogens is 1. The van der Waals surface area contributed by atoms with Gasteiger partial charge >= 0.3 is 0 Å². The van der Waals surface area contributed by atoms with Gasteiger partial charge in [-0.25, -0.2) is 0 Å². The van der Waals surface area contributed by atoms with E-state index < -0.39 is 0 Å². The van der Waals surface area contributed by atoms with Gasteiger partial charge in [-0.15, -0.1) is 0 Å². The van der Waals surface area contributed by atoms with Crippen LogP contribution < -0.4 is 5.32 Å². The second-order valence-corrected chi connectivity index (χ2v) is 9.39. The van der Waals surface area contributed by atoms with Crippen LogP contribution in [0.4, 0.5) is 0 Å². The zero-order valence-electron chi connectivity index (χ0n) is 20.0. The molecule has 0 aliphatic heterocycles. The van der Waals surface area contributed by atoms with E-state index in [4.69, 9.17) is 11.6 Å². The Morgan fingerprint density at radius 2 is 1.41 bits per heavy atom. The molecule has 0 aromatic heterocycles. The fraction of sp³-hybridized carbons (Fsp3) is 0.517. The van der Waals surface area contributed by atoms with Crippen LogP contribution in [-0.4, -0.2) is 12.5 Å². The molecule has 0 aliphatic rings. The third-order valence-corrected chi connectivity index (χ3v) is 6.39. The number of hydrogen-bond donors (Lipinski definition) is 1. The number of hydrogen-bond acceptors (Lipinski definition) is 1. The van der Waals surface area contributed by atoms with Crippen molar-refractivity contribution in [1.82, 2.24) is 5.32 Å². The molecule has 32 heavy (non-hydrogen) atoms. The lowest BCUT2D eigenvalue weighted by Gasteiger charge is -2.12. The molecule has 175 valence electrons. The Hall–Kier alpha value is -1.80. The van der Waals surface area contributed by atoms with Gasteiger partial charge in [0.1, 0.15) is 0 Å². The maximum atomic E-state index is 12.4. The normalized spacial score (nSPS) is 12.0. The minimum Gasteiger partial charge on any atom is -0.352 e. The zero-order chi connectivity index (χ0) is 23.0. The average molecular weight is 455 g/mol. The van der Waals surface area contributed by atoms with Gasteiger partial charge in [0.05, 0.1) is 0 Å². The molecule has 1 radical (unpaired) electrons. The summed E-state index contributed by atoms with van der Waals surface area (Å²) in [5.74, 6) is 0.457. The molecule has 0 saturated heterocycles. The number of carbonyl (C=O) groups is 1. The summed E-state index contributed by atoms with van der Waals surface area (Å²) in [6, 6.07) is 16.0. The minimum absolute atomic E-state index is 0.0296. The lowest BCUT2D eigenvalue weighted by molar-refractivity contribution is 0.0953. The standard InChI is InChI=1S/C29H41ClNO/c1-3-4-5-6-7-8-9-10-11-12-23-31-29(32)27-17-15-25(16-18-27)14-13-24(2)26-19-21-28(30)22-20-26/h14-22,24H,3-13,23H2,1-2H3,(H,31,32). The van der Waals surface area contributed by atoms with E-state index in [0.717, 1.165) is 35.5 Å². The third-order valence-electron chi connectivity index (χ3n) is 6.13. The molecule has 2 aromatic rings. The summed E-state index contributed by atoms with van der Waals surface area (Å²) >= 11 is 5.97. The molecule has 0 saturated carbocycles. The molecular formula is C29H41ClNO. The Labute approximate surface area is 201 Å². The smallest absolute Gasteiger partial charge is 0.251 e. The van der Waals surface area contributed by atoms with Crippen LogP contribution in [0.5, 0.6) is 0 Å². The first-order valence-corrected chi connectivity index (χ1v) is 12.9. The van der Waals surface area contributed by atoms with Crippen molar-refractivity contribution in [1.29, 1.82) is 0 Å². The Morgan fingerprint density at radius 3 is 2.00 bits per heavy atom. The lowest BCUT2D eigenvalue weighted by atomic mass is 9.94. The van der Waals surface area contributed by atoms with Gasteiger partial charge in [0.25, 0.3) is 5.91 Å². The maximum absolute atomic E-state index is 12.4. The largest absolute Gasteiger partial charge is 0.352 e. The highest BCUT2D eigenvalue weighted by molar-refractivity contribution is 6.30. The summed E-state index contributed by atoms with van der Waals surface area (Å²) in [5.41, 5.74) is 3.17. The Balaban J connectivity index is 1.57. The average Bonchev–Trinajstić information content (AvgIpc) is 2.81. The first-order valence-electron chi connectivity index (χ1n) is 12.6. The predicted octanol–water partition coefficient (Wildman–Crippen LogP) is 8.74. The molecule has 2 rings (SSSR count). The van der Waals surface area contributed by atoms with Gasteiger partial charge in [0, 0.05) is 17.1 Å². The molecule has 0 fully saturated rings. The second-order valence-electron chi connectivity index (χ2n) is 8.95. The zero-order valence-corrected chi connectivity index (χ0v) is 20.8. The quantitative estimate of drug-likeness (QED) is 0.252. The monoisotopic (exact) mass is 454 g/mol. The lowest BCUT2D eigenvalue weighted by Crippen LogP contribution is -2.24. The van der Waals surface area contributed by atoms with Gasteiger partial charge < -0.3 is 5.32 Å². The summed E-state index contributed by atoms with van der Waals surface area (Å²) in [4.78, 5) is 12.4. The van der Waals surface area contributed by atoms with Gasteiger partial charge in [-0.1, -0.05) is 108 Å². The van der Waals surface area contributed by atoms with Crippen LogP contribution in [0.2, 0.25) is 5.02 Å². The Bertz CT molecular complexity index is 754. The van der Waals surface area contributed by atoms with Gasteiger partial charge in [-0.3, -0.25) is 4.79 Å². The highest BCUT2D eigenvalue weighted by atomic mass is 35.5. The van der Waals surface area contributed by atoms with Crippen molar-refractivity contribution in [3.8, 4) is 0 Å². The number of rotatable bonds is 16. The summed E-state index contributed by atoms with van der Waals surface area (Å²) in [5, 5.41) is 3.83. The highest BCUT2D eigenvalue weighted by Gasteiger charge is 2.08. The van der Waals surface area contributed by atoms with Crippen molar-refractivity contribution in [2.75, 3.05) is 6.54 Å². The SMILES string of the molecule is CCCCCCCCCCCCNC(=O)c1ccc([CH]CC(C)c2ccc(Cl)cc2)cc1. The van der Waals surface area contributed by atoms with E-state index in [2.05, 4.69) is 37.7 Å². The minimum atomic E-state index is 0.0296. The van der Waals surface area contributed by atoms with E-state index in [1.807, 2.05) is 36.4 Å². The van der Waals surface area contributed by atoms with Gasteiger partial charge in [-0.05, 0) is 60.6 Å². The van der Waals surface area contributed by atoms with E-state index in [-0.39, 0.29) is 5.91 Å². The Morgan fingerprint density at radius 1 is 0.844 bits per heavy atom.